The molecule has 0 bridgehead atoms. The first-order valence-corrected chi connectivity index (χ1v) is 12.7. The predicted octanol–water partition coefficient (Wildman–Crippen LogP) is 3.46. The summed E-state index contributed by atoms with van der Waals surface area (Å²) >= 11 is 0. The molecule has 5 rings (SSSR count). The first-order chi connectivity index (χ1) is 17.9. The highest BCUT2D eigenvalue weighted by Gasteiger charge is 2.20. The molecule has 8 nitrogen and oxygen atoms in total. The van der Waals surface area contributed by atoms with Crippen molar-refractivity contribution in [1.82, 2.24) is 29.5 Å². The molecule has 1 saturated heterocycles. The number of aromatic nitrogens is 4. The lowest BCUT2D eigenvalue weighted by molar-refractivity contribution is 0.0989. The van der Waals surface area contributed by atoms with Crippen molar-refractivity contribution < 1.29 is 4.79 Å². The Kier molecular flexibility index (Phi) is 7.12. The summed E-state index contributed by atoms with van der Waals surface area (Å²) < 4.78 is 1.63. The molecular weight excluding hydrogens is 462 g/mol. The number of nitrogens with zero attached hydrogens (tertiary/aromatic N) is 6. The maximum atomic E-state index is 11.4. The van der Waals surface area contributed by atoms with Gasteiger partial charge in [-0.1, -0.05) is 42.5 Å². The molecular formula is C29H33N7O. The lowest BCUT2D eigenvalue weighted by Crippen LogP contribution is -2.49. The number of aryl methyl sites for hydroxylation is 1. The van der Waals surface area contributed by atoms with Gasteiger partial charge in [0.25, 0.3) is 5.91 Å². The van der Waals surface area contributed by atoms with E-state index in [1.807, 2.05) is 18.3 Å². The average molecular weight is 496 g/mol. The van der Waals surface area contributed by atoms with Gasteiger partial charge >= 0.3 is 0 Å². The zero-order valence-corrected chi connectivity index (χ0v) is 21.6. The molecule has 0 saturated carbocycles. The van der Waals surface area contributed by atoms with Crippen molar-refractivity contribution in [2.45, 2.75) is 32.9 Å². The van der Waals surface area contributed by atoms with Gasteiger partial charge in [0.05, 0.1) is 11.4 Å². The van der Waals surface area contributed by atoms with Crippen LogP contribution in [0.15, 0.2) is 66.9 Å². The van der Waals surface area contributed by atoms with E-state index in [1.54, 1.807) is 11.6 Å². The third kappa shape index (κ3) is 5.76. The molecule has 2 N–H and O–H groups in total. The van der Waals surface area contributed by atoms with Gasteiger partial charge in [-0.25, -0.2) is 9.67 Å². The Bertz CT molecular complexity index is 1360. The number of nitrogens with two attached hydrogens (primary N) is 1. The van der Waals surface area contributed by atoms with Gasteiger partial charge in [-0.05, 0) is 62.2 Å². The molecule has 8 heteroatoms. The molecule has 1 aliphatic rings. The van der Waals surface area contributed by atoms with Crippen LogP contribution < -0.4 is 5.73 Å². The van der Waals surface area contributed by atoms with Crippen LogP contribution >= 0.6 is 0 Å². The maximum Gasteiger partial charge on any atom is 0.288 e. The summed E-state index contributed by atoms with van der Waals surface area (Å²) in [6.45, 7) is 8.26. The molecule has 1 aliphatic heterocycles. The number of hydrogen-bond donors (Lipinski definition) is 1. The quantitative estimate of drug-likeness (QED) is 0.422. The summed E-state index contributed by atoms with van der Waals surface area (Å²) in [5.74, 6) is 0.0127. The van der Waals surface area contributed by atoms with E-state index in [0.29, 0.717) is 11.9 Å². The van der Waals surface area contributed by atoms with Crippen LogP contribution in [0.4, 0.5) is 0 Å². The Morgan fingerprint density at radius 2 is 1.65 bits per heavy atom. The molecule has 0 radical (unpaired) electrons. The van der Waals surface area contributed by atoms with E-state index >= 15 is 0 Å². The Morgan fingerprint density at radius 1 is 0.973 bits per heavy atom. The number of benzene rings is 2. The number of primary amides is 1. The van der Waals surface area contributed by atoms with E-state index in [1.165, 1.54) is 16.7 Å². The smallest absolute Gasteiger partial charge is 0.288 e. The molecule has 190 valence electrons. The molecule has 0 spiro atoms. The summed E-state index contributed by atoms with van der Waals surface area (Å²) in [4.78, 5) is 25.1. The lowest BCUT2D eigenvalue weighted by Gasteiger charge is -2.37. The molecule has 0 unspecified atom stereocenters. The van der Waals surface area contributed by atoms with Crippen molar-refractivity contribution in [3.05, 3.63) is 95.3 Å². The number of carbonyl (C=O) groups is 1. The van der Waals surface area contributed by atoms with E-state index in [9.17, 15) is 4.79 Å². The van der Waals surface area contributed by atoms with Gasteiger partial charge in [0, 0.05) is 44.0 Å². The van der Waals surface area contributed by atoms with Crippen LogP contribution in [0, 0.1) is 6.92 Å². The number of hydrogen-bond acceptors (Lipinski definition) is 6. The normalized spacial score (nSPS) is 16.7. The molecule has 37 heavy (non-hydrogen) atoms. The predicted molar refractivity (Wildman–Crippen MR) is 144 cm³/mol. The number of amides is 1. The molecule has 2 aromatic heterocycles. The van der Waals surface area contributed by atoms with Crippen LogP contribution in [-0.2, 0) is 13.0 Å². The van der Waals surface area contributed by atoms with Crippen LogP contribution in [-0.4, -0.2) is 68.2 Å². The molecule has 1 fully saturated rings. The third-order valence-corrected chi connectivity index (χ3v) is 7.12. The van der Waals surface area contributed by atoms with E-state index < -0.39 is 5.91 Å². The highest BCUT2D eigenvalue weighted by atomic mass is 16.1. The van der Waals surface area contributed by atoms with Crippen molar-refractivity contribution in [3.8, 4) is 16.8 Å². The van der Waals surface area contributed by atoms with E-state index in [-0.39, 0.29) is 5.82 Å². The number of likely N-dealkylation sites (N-methyl/N-ethyl adjacent to an activating group) is 1. The second-order valence-corrected chi connectivity index (χ2v) is 9.90. The second kappa shape index (κ2) is 10.6. The van der Waals surface area contributed by atoms with Crippen molar-refractivity contribution in [2.24, 2.45) is 5.73 Å². The number of piperazine rings is 1. The van der Waals surface area contributed by atoms with Crippen LogP contribution in [0.2, 0.25) is 0 Å². The van der Waals surface area contributed by atoms with Crippen LogP contribution in [0.25, 0.3) is 16.8 Å². The fraction of sp³-hybridized carbons (Fsp3) is 0.310. The summed E-state index contributed by atoms with van der Waals surface area (Å²) in [6, 6.07) is 21.7. The minimum Gasteiger partial charge on any atom is -0.363 e. The number of carbonyl (C=O) groups excluding carboxylic acids is 1. The molecule has 2 aromatic carbocycles. The summed E-state index contributed by atoms with van der Waals surface area (Å²) in [5, 5.41) is 4.19. The first-order valence-electron chi connectivity index (χ1n) is 12.7. The van der Waals surface area contributed by atoms with Crippen LogP contribution in [0.5, 0.6) is 0 Å². The topological polar surface area (TPSA) is 93.2 Å². The largest absolute Gasteiger partial charge is 0.363 e. The van der Waals surface area contributed by atoms with Crippen LogP contribution in [0.1, 0.15) is 40.2 Å². The monoisotopic (exact) mass is 495 g/mol. The van der Waals surface area contributed by atoms with E-state index in [4.69, 9.17) is 10.7 Å². The highest BCUT2D eigenvalue weighted by molar-refractivity contribution is 5.88. The molecule has 0 aliphatic carbocycles. The van der Waals surface area contributed by atoms with Gasteiger partial charge in [0.15, 0.2) is 0 Å². The standard InChI is InChI=1S/C29H33N7O/c1-20-18-35(15-14-34(20)3)19-26-11-10-25(17-31-26)24-8-4-22(5-9-24)16-23-6-12-27(13-7-23)36-21(2)32-29(33-36)28(30)37/h4-13,17,20H,14-16,18-19H2,1-3H3,(H2,30,37)/t20-/m1/s1. The maximum absolute atomic E-state index is 11.4. The number of rotatable bonds is 7. The zero-order valence-electron chi connectivity index (χ0n) is 21.6. The SMILES string of the molecule is Cc1nc(C(N)=O)nn1-c1ccc(Cc2ccc(-c3ccc(CN4CCN(C)[C@H](C)C4)nc3)cc2)cc1. The van der Waals surface area contributed by atoms with Crippen molar-refractivity contribution in [1.29, 1.82) is 0 Å². The van der Waals surface area contributed by atoms with Crippen molar-refractivity contribution in [2.75, 3.05) is 26.7 Å². The first kappa shape index (κ1) is 24.8. The Hall–Kier alpha value is -3.88. The lowest BCUT2D eigenvalue weighted by atomic mass is 10.0. The molecule has 3 heterocycles. The molecule has 1 amide bonds. The van der Waals surface area contributed by atoms with E-state index in [0.717, 1.165) is 49.5 Å². The fourth-order valence-electron chi connectivity index (χ4n) is 4.73. The van der Waals surface area contributed by atoms with Gasteiger partial charge in [0.2, 0.25) is 5.82 Å². The third-order valence-electron chi connectivity index (χ3n) is 7.12. The van der Waals surface area contributed by atoms with Gasteiger partial charge in [-0.3, -0.25) is 14.7 Å². The minimum atomic E-state index is -0.631. The summed E-state index contributed by atoms with van der Waals surface area (Å²) in [7, 11) is 2.20. The zero-order chi connectivity index (χ0) is 25.9. The molecule has 1 atom stereocenters. The highest BCUT2D eigenvalue weighted by Crippen LogP contribution is 2.22. The summed E-state index contributed by atoms with van der Waals surface area (Å²) in [6.07, 6.45) is 2.81. The fourth-order valence-corrected chi connectivity index (χ4v) is 4.73. The Labute approximate surface area is 217 Å². The minimum absolute atomic E-state index is 0.0242. The number of pyridine rings is 1. The average Bonchev–Trinajstić information content (AvgIpc) is 3.30. The van der Waals surface area contributed by atoms with Gasteiger partial charge < -0.3 is 10.6 Å². The Morgan fingerprint density at radius 3 is 2.24 bits per heavy atom. The van der Waals surface area contributed by atoms with Gasteiger partial charge in [-0.2, -0.15) is 0 Å². The van der Waals surface area contributed by atoms with Crippen molar-refractivity contribution in [3.63, 3.8) is 0 Å². The Balaban J connectivity index is 1.20. The molecule has 4 aromatic rings. The van der Waals surface area contributed by atoms with E-state index in [2.05, 4.69) is 82.4 Å². The summed E-state index contributed by atoms with van der Waals surface area (Å²) in [5.41, 5.74) is 12.0. The van der Waals surface area contributed by atoms with Gasteiger partial charge in [0.1, 0.15) is 5.82 Å². The van der Waals surface area contributed by atoms with Crippen molar-refractivity contribution >= 4 is 5.91 Å². The van der Waals surface area contributed by atoms with Crippen LogP contribution in [0.3, 0.4) is 0 Å². The second-order valence-electron chi connectivity index (χ2n) is 9.90. The van der Waals surface area contributed by atoms with Gasteiger partial charge in [-0.15, -0.1) is 5.10 Å².